The van der Waals surface area contributed by atoms with Crippen LogP contribution in [0.2, 0.25) is 0 Å². The summed E-state index contributed by atoms with van der Waals surface area (Å²) in [7, 11) is 0. The van der Waals surface area contributed by atoms with Crippen molar-refractivity contribution in [2.75, 3.05) is 23.8 Å². The largest absolute Gasteiger partial charge is 0.397 e. The molecule has 0 spiro atoms. The van der Waals surface area contributed by atoms with Gasteiger partial charge in [-0.3, -0.25) is 4.79 Å². The molecule has 1 heterocycles. The van der Waals surface area contributed by atoms with E-state index in [1.807, 2.05) is 24.3 Å². The van der Waals surface area contributed by atoms with Crippen molar-refractivity contribution >= 4 is 17.3 Å². The van der Waals surface area contributed by atoms with Gasteiger partial charge < -0.3 is 15.4 Å². The zero-order chi connectivity index (χ0) is 13.7. The summed E-state index contributed by atoms with van der Waals surface area (Å²) in [5.41, 5.74) is 7.43. The molecular weight excluding hydrogens is 240 g/mol. The highest BCUT2D eigenvalue weighted by molar-refractivity contribution is 5.96. The summed E-state index contributed by atoms with van der Waals surface area (Å²) in [5, 5.41) is 0. The molecule has 0 saturated carbocycles. The van der Waals surface area contributed by atoms with Crippen LogP contribution in [0.25, 0.3) is 0 Å². The number of rotatable bonds is 5. The lowest BCUT2D eigenvalue weighted by atomic mass is 10.1. The average Bonchev–Trinajstić information content (AvgIpc) is 2.90. The van der Waals surface area contributed by atoms with Gasteiger partial charge in [-0.15, -0.1) is 0 Å². The van der Waals surface area contributed by atoms with Gasteiger partial charge in [0.2, 0.25) is 5.91 Å². The minimum absolute atomic E-state index is 0.0804. The van der Waals surface area contributed by atoms with Crippen LogP contribution in [0.15, 0.2) is 24.3 Å². The molecule has 1 aliphatic heterocycles. The fraction of sp³-hybridized carbons (Fsp3) is 0.533. The number of carbonyl (C=O) groups is 1. The van der Waals surface area contributed by atoms with Gasteiger partial charge in [0.05, 0.1) is 23.9 Å². The Morgan fingerprint density at radius 2 is 2.26 bits per heavy atom. The second-order valence-electron chi connectivity index (χ2n) is 4.94. The van der Waals surface area contributed by atoms with Crippen molar-refractivity contribution in [2.24, 2.45) is 0 Å². The molecule has 1 unspecified atom stereocenters. The molecule has 1 amide bonds. The maximum absolute atomic E-state index is 12.4. The molecule has 0 bridgehead atoms. The molecule has 2 rings (SSSR count). The fourth-order valence-corrected chi connectivity index (χ4v) is 2.45. The van der Waals surface area contributed by atoms with E-state index < -0.39 is 0 Å². The van der Waals surface area contributed by atoms with Crippen molar-refractivity contribution in [1.82, 2.24) is 0 Å². The van der Waals surface area contributed by atoms with E-state index in [1.54, 1.807) is 4.90 Å². The van der Waals surface area contributed by atoms with E-state index in [4.69, 9.17) is 10.5 Å². The molecule has 1 fully saturated rings. The predicted octanol–water partition coefficient (Wildman–Crippen LogP) is 2.58. The topological polar surface area (TPSA) is 55.6 Å². The van der Waals surface area contributed by atoms with Gasteiger partial charge in [0.1, 0.15) is 0 Å². The first-order chi connectivity index (χ1) is 9.22. The van der Waals surface area contributed by atoms with Gasteiger partial charge in [0.15, 0.2) is 0 Å². The number of hydrogen-bond donors (Lipinski definition) is 1. The molecule has 1 aliphatic rings. The molecule has 1 saturated heterocycles. The second kappa shape index (κ2) is 6.57. The van der Waals surface area contributed by atoms with Crippen LogP contribution in [0.4, 0.5) is 11.4 Å². The van der Waals surface area contributed by atoms with E-state index >= 15 is 0 Å². The number of benzene rings is 1. The molecule has 104 valence electrons. The third kappa shape index (κ3) is 3.47. The van der Waals surface area contributed by atoms with Crippen LogP contribution in [0.3, 0.4) is 0 Å². The Kier molecular flexibility index (Phi) is 4.80. The summed E-state index contributed by atoms with van der Waals surface area (Å²) in [6.07, 6.45) is 3.48. The Balaban J connectivity index is 2.10. The highest BCUT2D eigenvalue weighted by Crippen LogP contribution is 2.25. The van der Waals surface area contributed by atoms with Crippen LogP contribution in [-0.2, 0) is 9.53 Å². The molecule has 1 atom stereocenters. The molecule has 0 aromatic heterocycles. The highest BCUT2D eigenvalue weighted by atomic mass is 16.5. The third-order valence-corrected chi connectivity index (χ3v) is 3.40. The number of carbonyl (C=O) groups excluding carboxylic acids is 1. The Labute approximate surface area is 114 Å². The minimum atomic E-state index is 0.0804. The fourth-order valence-electron chi connectivity index (χ4n) is 2.45. The van der Waals surface area contributed by atoms with Crippen LogP contribution in [0.5, 0.6) is 0 Å². The van der Waals surface area contributed by atoms with Gasteiger partial charge in [-0.25, -0.2) is 0 Å². The van der Waals surface area contributed by atoms with Crippen molar-refractivity contribution in [2.45, 2.75) is 38.7 Å². The predicted molar refractivity (Wildman–Crippen MR) is 77.1 cm³/mol. The number of nitrogens with zero attached hydrogens (tertiary/aromatic N) is 1. The lowest BCUT2D eigenvalue weighted by Crippen LogP contribution is -2.34. The Bertz CT molecular complexity index is 428. The molecule has 1 aromatic carbocycles. The summed E-state index contributed by atoms with van der Waals surface area (Å²) in [4.78, 5) is 14.2. The quantitative estimate of drug-likeness (QED) is 0.830. The Morgan fingerprint density at radius 1 is 1.47 bits per heavy atom. The van der Waals surface area contributed by atoms with Crippen LogP contribution in [-0.4, -0.2) is 25.2 Å². The number of hydrogen-bond acceptors (Lipinski definition) is 3. The van der Waals surface area contributed by atoms with Crippen molar-refractivity contribution in [3.63, 3.8) is 0 Å². The maximum atomic E-state index is 12.4. The van der Waals surface area contributed by atoms with Gasteiger partial charge in [-0.2, -0.15) is 0 Å². The van der Waals surface area contributed by atoms with Gasteiger partial charge >= 0.3 is 0 Å². The van der Waals surface area contributed by atoms with Crippen LogP contribution in [0, 0.1) is 0 Å². The van der Waals surface area contributed by atoms with Crippen molar-refractivity contribution < 1.29 is 9.53 Å². The SMILES string of the molecule is CCCN(C(=O)CC1CCCO1)c1ccccc1N. The minimum Gasteiger partial charge on any atom is -0.397 e. The van der Waals surface area contributed by atoms with Gasteiger partial charge in [-0.1, -0.05) is 19.1 Å². The van der Waals surface area contributed by atoms with E-state index in [9.17, 15) is 4.79 Å². The smallest absolute Gasteiger partial charge is 0.229 e. The van der Waals surface area contributed by atoms with E-state index in [0.29, 0.717) is 18.7 Å². The standard InChI is InChI=1S/C15H22N2O2/c1-2-9-17(14-8-4-3-7-13(14)16)15(18)11-12-6-5-10-19-12/h3-4,7-8,12H,2,5-6,9-11,16H2,1H3. The van der Waals surface area contributed by atoms with Gasteiger partial charge in [-0.05, 0) is 31.4 Å². The zero-order valence-electron chi connectivity index (χ0n) is 11.5. The first-order valence-electron chi connectivity index (χ1n) is 6.99. The summed E-state index contributed by atoms with van der Waals surface area (Å²) >= 11 is 0. The van der Waals surface area contributed by atoms with E-state index in [0.717, 1.165) is 31.6 Å². The van der Waals surface area contributed by atoms with E-state index in [2.05, 4.69) is 6.92 Å². The summed E-state index contributed by atoms with van der Waals surface area (Å²) in [5.74, 6) is 0.103. The second-order valence-corrected chi connectivity index (χ2v) is 4.94. The van der Waals surface area contributed by atoms with Crippen LogP contribution < -0.4 is 10.6 Å². The molecule has 0 radical (unpaired) electrons. The third-order valence-electron chi connectivity index (χ3n) is 3.40. The summed E-state index contributed by atoms with van der Waals surface area (Å²) < 4.78 is 5.54. The van der Waals surface area contributed by atoms with E-state index in [-0.39, 0.29) is 12.0 Å². The van der Waals surface area contributed by atoms with Crippen LogP contribution >= 0.6 is 0 Å². The lowest BCUT2D eigenvalue weighted by molar-refractivity contribution is -0.120. The van der Waals surface area contributed by atoms with Crippen molar-refractivity contribution in [1.29, 1.82) is 0 Å². The van der Waals surface area contributed by atoms with Crippen LogP contribution in [0.1, 0.15) is 32.6 Å². The number of anilines is 2. The van der Waals surface area contributed by atoms with Crippen molar-refractivity contribution in [3.05, 3.63) is 24.3 Å². The number of amides is 1. The Morgan fingerprint density at radius 3 is 2.89 bits per heavy atom. The van der Waals surface area contributed by atoms with Gasteiger partial charge in [0, 0.05) is 13.2 Å². The number of ether oxygens (including phenoxy) is 1. The molecular formula is C15H22N2O2. The number of para-hydroxylation sites is 2. The van der Waals surface area contributed by atoms with Gasteiger partial charge in [0.25, 0.3) is 0 Å². The maximum Gasteiger partial charge on any atom is 0.229 e. The molecule has 19 heavy (non-hydrogen) atoms. The molecule has 4 heteroatoms. The van der Waals surface area contributed by atoms with Crippen molar-refractivity contribution in [3.8, 4) is 0 Å². The average molecular weight is 262 g/mol. The zero-order valence-corrected chi connectivity index (χ0v) is 11.5. The molecule has 4 nitrogen and oxygen atoms in total. The summed E-state index contributed by atoms with van der Waals surface area (Å²) in [6, 6.07) is 7.52. The molecule has 1 aromatic rings. The normalized spacial score (nSPS) is 18.5. The molecule has 2 N–H and O–H groups in total. The summed E-state index contributed by atoms with van der Waals surface area (Å²) in [6.45, 7) is 3.53. The number of nitrogens with two attached hydrogens (primary N) is 1. The first-order valence-corrected chi connectivity index (χ1v) is 6.99. The van der Waals surface area contributed by atoms with E-state index in [1.165, 1.54) is 0 Å². The monoisotopic (exact) mass is 262 g/mol. The number of nitrogen functional groups attached to an aromatic ring is 1. The first kappa shape index (κ1) is 13.9. The highest BCUT2D eigenvalue weighted by Gasteiger charge is 2.24. The Hall–Kier alpha value is -1.55. The lowest BCUT2D eigenvalue weighted by Gasteiger charge is -2.25. The molecule has 0 aliphatic carbocycles.